The quantitative estimate of drug-likeness (QED) is 0.882. The molecule has 0 aliphatic rings. The Hall–Kier alpha value is -1.17. The summed E-state index contributed by atoms with van der Waals surface area (Å²) in [4.78, 5) is 18.8. The number of carbonyl (C=O) groups is 1. The van der Waals surface area contributed by atoms with Crippen LogP contribution < -0.4 is 5.32 Å². The first-order valence-electron chi connectivity index (χ1n) is 4.45. The van der Waals surface area contributed by atoms with Crippen LogP contribution in [0.25, 0.3) is 0 Å². The van der Waals surface area contributed by atoms with Crippen LogP contribution in [0.1, 0.15) is 30.2 Å². The Labute approximate surface area is 96.1 Å². The molecule has 6 heteroatoms. The molecule has 0 bridgehead atoms. The highest BCUT2D eigenvalue weighted by Crippen LogP contribution is 2.24. The van der Waals surface area contributed by atoms with Crippen LogP contribution in [0, 0.1) is 6.92 Å². The predicted octanol–water partition coefficient (Wildman–Crippen LogP) is 2.07. The summed E-state index contributed by atoms with van der Waals surface area (Å²) in [5, 5.41) is 11.9. The van der Waals surface area contributed by atoms with E-state index in [9.17, 15) is 4.79 Å². The average molecular weight is 274 g/mol. The topological polar surface area (TPSA) is 75.1 Å². The van der Waals surface area contributed by atoms with Gasteiger partial charge in [0.15, 0.2) is 5.69 Å². The molecule has 1 heterocycles. The van der Waals surface area contributed by atoms with E-state index in [4.69, 9.17) is 5.11 Å². The summed E-state index contributed by atoms with van der Waals surface area (Å²) < 4.78 is 0.384. The number of hydrogen-bond acceptors (Lipinski definition) is 4. The molecule has 1 rings (SSSR count). The van der Waals surface area contributed by atoms with Crippen LogP contribution in [0.2, 0.25) is 0 Å². The Morgan fingerprint density at radius 2 is 2.07 bits per heavy atom. The highest BCUT2D eigenvalue weighted by molar-refractivity contribution is 9.10. The summed E-state index contributed by atoms with van der Waals surface area (Å²) in [5.41, 5.74) is -0.0225. The number of anilines is 1. The van der Waals surface area contributed by atoms with E-state index in [2.05, 4.69) is 31.2 Å². The van der Waals surface area contributed by atoms with Gasteiger partial charge in [-0.3, -0.25) is 0 Å². The lowest BCUT2D eigenvalue weighted by Gasteiger charge is -2.12. The number of nitrogens with zero attached hydrogens (tertiary/aromatic N) is 2. The molecule has 0 aliphatic carbocycles. The van der Waals surface area contributed by atoms with Gasteiger partial charge in [0.05, 0.1) is 4.47 Å². The van der Waals surface area contributed by atoms with Crippen LogP contribution in [0.5, 0.6) is 0 Å². The molecule has 0 aliphatic heterocycles. The molecule has 0 saturated carbocycles. The maximum atomic E-state index is 10.9. The molecule has 1 aromatic heterocycles. The van der Waals surface area contributed by atoms with Gasteiger partial charge in [0.25, 0.3) is 0 Å². The molecule has 0 fully saturated rings. The summed E-state index contributed by atoms with van der Waals surface area (Å²) >= 11 is 3.18. The molecule has 0 spiro atoms. The SMILES string of the molecule is Cc1nc(NC(C)C)c(Br)c(C(=O)O)n1. The number of hydrogen-bond donors (Lipinski definition) is 2. The fourth-order valence-electron chi connectivity index (χ4n) is 1.07. The number of rotatable bonds is 3. The number of carboxylic acids is 1. The van der Waals surface area contributed by atoms with E-state index in [0.29, 0.717) is 16.1 Å². The second-order valence-electron chi connectivity index (χ2n) is 3.39. The number of halogens is 1. The minimum Gasteiger partial charge on any atom is -0.476 e. The maximum absolute atomic E-state index is 10.9. The Kier molecular flexibility index (Phi) is 3.62. The number of carboxylic acid groups (broad SMARTS) is 1. The van der Waals surface area contributed by atoms with Gasteiger partial charge in [-0.2, -0.15) is 0 Å². The lowest BCUT2D eigenvalue weighted by molar-refractivity contribution is 0.0689. The van der Waals surface area contributed by atoms with Gasteiger partial charge in [0, 0.05) is 6.04 Å². The predicted molar refractivity (Wildman–Crippen MR) is 60.2 cm³/mol. The first-order valence-corrected chi connectivity index (χ1v) is 5.25. The minimum absolute atomic E-state index is 0.0225. The minimum atomic E-state index is -1.07. The molecule has 0 radical (unpaired) electrons. The second kappa shape index (κ2) is 4.57. The van der Waals surface area contributed by atoms with Crippen molar-refractivity contribution in [3.63, 3.8) is 0 Å². The molecular weight excluding hydrogens is 262 g/mol. The molecule has 82 valence electrons. The molecule has 2 N–H and O–H groups in total. The third-order valence-corrected chi connectivity index (χ3v) is 2.34. The third-order valence-electron chi connectivity index (χ3n) is 1.59. The van der Waals surface area contributed by atoms with Gasteiger partial charge in [0.2, 0.25) is 0 Å². The molecule has 1 aromatic rings. The standard InChI is InChI=1S/C9H12BrN3O2/c1-4(2)11-8-6(10)7(9(14)15)12-5(3)13-8/h4H,1-3H3,(H,14,15)(H,11,12,13). The lowest BCUT2D eigenvalue weighted by atomic mass is 10.3. The van der Waals surface area contributed by atoms with Crippen molar-refractivity contribution in [2.45, 2.75) is 26.8 Å². The van der Waals surface area contributed by atoms with E-state index in [1.165, 1.54) is 0 Å². The average Bonchev–Trinajstić information content (AvgIpc) is 2.09. The number of aryl methyl sites for hydroxylation is 1. The second-order valence-corrected chi connectivity index (χ2v) is 4.18. The molecule has 0 amide bonds. The summed E-state index contributed by atoms with van der Waals surface area (Å²) in [5.74, 6) is -0.132. The Balaban J connectivity index is 3.22. The molecule has 15 heavy (non-hydrogen) atoms. The molecule has 0 atom stereocenters. The van der Waals surface area contributed by atoms with E-state index in [-0.39, 0.29) is 11.7 Å². The van der Waals surface area contributed by atoms with Crippen LogP contribution in [-0.2, 0) is 0 Å². The summed E-state index contributed by atoms with van der Waals surface area (Å²) in [6, 6.07) is 0.178. The highest BCUT2D eigenvalue weighted by atomic mass is 79.9. The van der Waals surface area contributed by atoms with Gasteiger partial charge >= 0.3 is 5.97 Å². The normalized spacial score (nSPS) is 10.5. The Bertz CT molecular complexity index is 393. The van der Waals surface area contributed by atoms with Gasteiger partial charge in [-0.25, -0.2) is 14.8 Å². The van der Waals surface area contributed by atoms with Crippen LogP contribution in [0.3, 0.4) is 0 Å². The smallest absolute Gasteiger partial charge is 0.355 e. The van der Waals surface area contributed by atoms with Gasteiger partial charge < -0.3 is 10.4 Å². The van der Waals surface area contributed by atoms with Gasteiger partial charge in [-0.1, -0.05) is 0 Å². The van der Waals surface area contributed by atoms with Crippen molar-refractivity contribution in [3.8, 4) is 0 Å². The molecule has 0 aromatic carbocycles. The van der Waals surface area contributed by atoms with E-state index < -0.39 is 5.97 Å². The number of nitrogens with one attached hydrogen (secondary N) is 1. The third kappa shape index (κ3) is 2.89. The van der Waals surface area contributed by atoms with Gasteiger partial charge in [0.1, 0.15) is 11.6 Å². The van der Waals surface area contributed by atoms with Crippen molar-refractivity contribution >= 4 is 27.7 Å². The van der Waals surface area contributed by atoms with Crippen molar-refractivity contribution < 1.29 is 9.90 Å². The van der Waals surface area contributed by atoms with Crippen LogP contribution in [0.15, 0.2) is 4.47 Å². The summed E-state index contributed by atoms with van der Waals surface area (Å²) in [6.45, 7) is 5.55. The zero-order valence-corrected chi connectivity index (χ0v) is 10.3. The van der Waals surface area contributed by atoms with E-state index in [0.717, 1.165) is 0 Å². The number of aromatic nitrogens is 2. The van der Waals surface area contributed by atoms with E-state index in [1.807, 2.05) is 13.8 Å². The van der Waals surface area contributed by atoms with E-state index in [1.54, 1.807) is 6.92 Å². The fourth-order valence-corrected chi connectivity index (χ4v) is 1.53. The molecular formula is C9H12BrN3O2. The van der Waals surface area contributed by atoms with Crippen LogP contribution in [0.4, 0.5) is 5.82 Å². The van der Waals surface area contributed by atoms with Crippen molar-refractivity contribution in [1.29, 1.82) is 0 Å². The molecule has 5 nitrogen and oxygen atoms in total. The number of aromatic carboxylic acids is 1. The van der Waals surface area contributed by atoms with Gasteiger partial charge in [-0.05, 0) is 36.7 Å². The summed E-state index contributed by atoms with van der Waals surface area (Å²) in [6.07, 6.45) is 0. The van der Waals surface area contributed by atoms with E-state index >= 15 is 0 Å². The zero-order valence-electron chi connectivity index (χ0n) is 8.71. The highest BCUT2D eigenvalue weighted by Gasteiger charge is 2.16. The summed E-state index contributed by atoms with van der Waals surface area (Å²) in [7, 11) is 0. The van der Waals surface area contributed by atoms with Crippen molar-refractivity contribution in [2.24, 2.45) is 0 Å². The van der Waals surface area contributed by atoms with Crippen molar-refractivity contribution in [1.82, 2.24) is 9.97 Å². The first kappa shape index (κ1) is 11.9. The van der Waals surface area contributed by atoms with Crippen molar-refractivity contribution in [3.05, 3.63) is 16.0 Å². The zero-order chi connectivity index (χ0) is 11.6. The fraction of sp³-hybridized carbons (Fsp3) is 0.444. The Morgan fingerprint density at radius 1 is 1.47 bits per heavy atom. The monoisotopic (exact) mass is 273 g/mol. The van der Waals surface area contributed by atoms with Crippen LogP contribution in [-0.4, -0.2) is 27.1 Å². The van der Waals surface area contributed by atoms with Gasteiger partial charge in [-0.15, -0.1) is 0 Å². The van der Waals surface area contributed by atoms with Crippen LogP contribution >= 0.6 is 15.9 Å². The molecule has 0 saturated heterocycles. The molecule has 0 unspecified atom stereocenters. The largest absolute Gasteiger partial charge is 0.476 e. The lowest BCUT2D eigenvalue weighted by Crippen LogP contribution is -2.15. The van der Waals surface area contributed by atoms with Crippen molar-refractivity contribution in [2.75, 3.05) is 5.32 Å². The maximum Gasteiger partial charge on any atom is 0.355 e. The first-order chi connectivity index (χ1) is 6.91. The Morgan fingerprint density at radius 3 is 2.53 bits per heavy atom.